The highest BCUT2D eigenvalue weighted by atomic mass is 16.5. The van der Waals surface area contributed by atoms with Crippen molar-refractivity contribution in [3.8, 4) is 0 Å². The van der Waals surface area contributed by atoms with Crippen LogP contribution in [0.3, 0.4) is 0 Å². The third-order valence-corrected chi connectivity index (χ3v) is 2.42. The summed E-state index contributed by atoms with van der Waals surface area (Å²) in [6.45, 7) is 7.96. The number of nitrogens with zero attached hydrogens (tertiary/aromatic N) is 1. The molecular formula is C10H21NO2. The molecule has 78 valence electrons. The smallest absolute Gasteiger partial charge is 0.0596 e. The minimum absolute atomic E-state index is 0.0673. The van der Waals surface area contributed by atoms with Gasteiger partial charge in [0.25, 0.3) is 0 Å². The van der Waals surface area contributed by atoms with Gasteiger partial charge < -0.3 is 14.7 Å². The van der Waals surface area contributed by atoms with Crippen LogP contribution in [0.4, 0.5) is 0 Å². The van der Waals surface area contributed by atoms with Gasteiger partial charge in [0, 0.05) is 19.6 Å². The van der Waals surface area contributed by atoms with Gasteiger partial charge in [0.05, 0.1) is 18.8 Å². The number of hydrogen-bond donors (Lipinski definition) is 1. The second kappa shape index (κ2) is 5.58. The molecule has 13 heavy (non-hydrogen) atoms. The average molecular weight is 187 g/mol. The van der Waals surface area contributed by atoms with Crippen molar-refractivity contribution < 1.29 is 9.84 Å². The molecule has 0 atom stereocenters. The lowest BCUT2D eigenvalue weighted by Crippen LogP contribution is -2.38. The number of aliphatic hydroxyl groups excluding tert-OH is 1. The minimum atomic E-state index is -0.0673. The Labute approximate surface area is 80.7 Å². The Hall–Kier alpha value is -0.120. The fourth-order valence-corrected chi connectivity index (χ4v) is 1.56. The van der Waals surface area contributed by atoms with E-state index < -0.39 is 0 Å². The summed E-state index contributed by atoms with van der Waals surface area (Å²) in [6.07, 6.45) is 2.10. The molecule has 0 aliphatic carbocycles. The normalized spacial score (nSPS) is 21.2. The largest absolute Gasteiger partial charge is 0.393 e. The Morgan fingerprint density at radius 3 is 2.54 bits per heavy atom. The SMILES string of the molecule is CC(C)OCCN1CCC(O)CC1. The Balaban J connectivity index is 2.02. The van der Waals surface area contributed by atoms with Crippen LogP contribution in [-0.4, -0.2) is 48.5 Å². The van der Waals surface area contributed by atoms with Crippen molar-refractivity contribution in [1.82, 2.24) is 4.90 Å². The highest BCUT2D eigenvalue weighted by Crippen LogP contribution is 2.09. The van der Waals surface area contributed by atoms with Crippen molar-refractivity contribution in [2.75, 3.05) is 26.2 Å². The number of likely N-dealkylation sites (tertiary alicyclic amines) is 1. The molecule has 1 heterocycles. The highest BCUT2D eigenvalue weighted by molar-refractivity contribution is 4.70. The molecule has 0 spiro atoms. The maximum absolute atomic E-state index is 9.28. The maximum Gasteiger partial charge on any atom is 0.0596 e. The molecule has 1 aliphatic rings. The first-order valence-electron chi connectivity index (χ1n) is 5.20. The summed E-state index contributed by atoms with van der Waals surface area (Å²) in [4.78, 5) is 2.36. The van der Waals surface area contributed by atoms with E-state index in [1.54, 1.807) is 0 Å². The van der Waals surface area contributed by atoms with Gasteiger partial charge in [0.2, 0.25) is 0 Å². The topological polar surface area (TPSA) is 32.7 Å². The fourth-order valence-electron chi connectivity index (χ4n) is 1.56. The van der Waals surface area contributed by atoms with Crippen LogP contribution in [0.15, 0.2) is 0 Å². The van der Waals surface area contributed by atoms with Crippen LogP contribution in [-0.2, 0) is 4.74 Å². The van der Waals surface area contributed by atoms with Crippen LogP contribution < -0.4 is 0 Å². The lowest BCUT2D eigenvalue weighted by atomic mass is 10.1. The van der Waals surface area contributed by atoms with Crippen molar-refractivity contribution in [1.29, 1.82) is 0 Å². The Bertz CT molecular complexity index is 131. The van der Waals surface area contributed by atoms with Gasteiger partial charge in [0.15, 0.2) is 0 Å². The number of hydrogen-bond acceptors (Lipinski definition) is 3. The van der Waals surface area contributed by atoms with E-state index in [-0.39, 0.29) is 6.10 Å². The van der Waals surface area contributed by atoms with E-state index in [2.05, 4.69) is 18.7 Å². The van der Waals surface area contributed by atoms with Gasteiger partial charge in [-0.1, -0.05) is 0 Å². The van der Waals surface area contributed by atoms with E-state index in [0.717, 1.165) is 39.1 Å². The van der Waals surface area contributed by atoms with E-state index in [4.69, 9.17) is 4.74 Å². The molecule has 0 unspecified atom stereocenters. The Morgan fingerprint density at radius 2 is 2.00 bits per heavy atom. The molecule has 1 N–H and O–H groups in total. The van der Waals surface area contributed by atoms with Gasteiger partial charge in [-0.25, -0.2) is 0 Å². The van der Waals surface area contributed by atoms with E-state index in [9.17, 15) is 5.11 Å². The fraction of sp³-hybridized carbons (Fsp3) is 1.00. The zero-order valence-electron chi connectivity index (χ0n) is 8.70. The first-order valence-corrected chi connectivity index (χ1v) is 5.20. The number of aliphatic hydroxyl groups is 1. The van der Waals surface area contributed by atoms with Crippen LogP contribution in [0.1, 0.15) is 26.7 Å². The first-order chi connectivity index (χ1) is 6.18. The van der Waals surface area contributed by atoms with Gasteiger partial charge in [-0.05, 0) is 26.7 Å². The minimum Gasteiger partial charge on any atom is -0.393 e. The van der Waals surface area contributed by atoms with Crippen molar-refractivity contribution in [3.63, 3.8) is 0 Å². The quantitative estimate of drug-likeness (QED) is 0.709. The molecule has 1 saturated heterocycles. The summed E-state index contributed by atoms with van der Waals surface area (Å²) >= 11 is 0. The van der Waals surface area contributed by atoms with E-state index in [0.29, 0.717) is 6.10 Å². The standard InChI is InChI=1S/C10H21NO2/c1-9(2)13-8-7-11-5-3-10(12)4-6-11/h9-10,12H,3-8H2,1-2H3. The summed E-state index contributed by atoms with van der Waals surface area (Å²) in [5.41, 5.74) is 0. The van der Waals surface area contributed by atoms with Crippen molar-refractivity contribution >= 4 is 0 Å². The number of rotatable bonds is 4. The molecule has 3 heteroatoms. The molecule has 0 aromatic rings. The van der Waals surface area contributed by atoms with Crippen molar-refractivity contribution in [3.05, 3.63) is 0 Å². The average Bonchev–Trinajstić information content (AvgIpc) is 2.08. The van der Waals surface area contributed by atoms with E-state index in [1.807, 2.05) is 0 Å². The monoisotopic (exact) mass is 187 g/mol. The second-order valence-electron chi connectivity index (χ2n) is 3.99. The molecule has 0 bridgehead atoms. The van der Waals surface area contributed by atoms with Gasteiger partial charge in [-0.2, -0.15) is 0 Å². The van der Waals surface area contributed by atoms with Gasteiger partial charge in [-0.15, -0.1) is 0 Å². The molecule has 0 saturated carbocycles. The van der Waals surface area contributed by atoms with Gasteiger partial charge in [0.1, 0.15) is 0 Å². The highest BCUT2D eigenvalue weighted by Gasteiger charge is 2.16. The maximum atomic E-state index is 9.28. The summed E-state index contributed by atoms with van der Waals surface area (Å²) in [5, 5.41) is 9.28. The molecule has 1 fully saturated rings. The summed E-state index contributed by atoms with van der Waals surface area (Å²) in [7, 11) is 0. The van der Waals surface area contributed by atoms with Crippen LogP contribution in [0.5, 0.6) is 0 Å². The van der Waals surface area contributed by atoms with E-state index in [1.165, 1.54) is 0 Å². The molecular weight excluding hydrogens is 166 g/mol. The summed E-state index contributed by atoms with van der Waals surface area (Å²) in [6, 6.07) is 0. The molecule has 0 radical (unpaired) electrons. The molecule has 0 aromatic carbocycles. The Kier molecular flexibility index (Phi) is 4.70. The van der Waals surface area contributed by atoms with Gasteiger partial charge >= 0.3 is 0 Å². The predicted octanol–water partition coefficient (Wildman–Crippen LogP) is 0.868. The van der Waals surface area contributed by atoms with Crippen LogP contribution in [0.25, 0.3) is 0 Å². The summed E-state index contributed by atoms with van der Waals surface area (Å²) in [5.74, 6) is 0. The van der Waals surface area contributed by atoms with Crippen LogP contribution in [0.2, 0.25) is 0 Å². The second-order valence-corrected chi connectivity index (χ2v) is 3.99. The molecule has 1 aliphatic heterocycles. The third kappa shape index (κ3) is 4.60. The van der Waals surface area contributed by atoms with Crippen molar-refractivity contribution in [2.45, 2.75) is 38.9 Å². The Morgan fingerprint density at radius 1 is 1.38 bits per heavy atom. The van der Waals surface area contributed by atoms with E-state index >= 15 is 0 Å². The van der Waals surface area contributed by atoms with Crippen LogP contribution in [0, 0.1) is 0 Å². The van der Waals surface area contributed by atoms with Gasteiger partial charge in [-0.3, -0.25) is 0 Å². The van der Waals surface area contributed by atoms with Crippen molar-refractivity contribution in [2.24, 2.45) is 0 Å². The zero-order valence-corrected chi connectivity index (χ0v) is 8.70. The lowest BCUT2D eigenvalue weighted by Gasteiger charge is -2.29. The molecule has 1 rings (SSSR count). The number of ether oxygens (including phenoxy) is 1. The lowest BCUT2D eigenvalue weighted by molar-refractivity contribution is 0.0353. The third-order valence-electron chi connectivity index (χ3n) is 2.42. The predicted molar refractivity (Wildman–Crippen MR) is 52.8 cm³/mol. The van der Waals surface area contributed by atoms with Crippen LogP contribution >= 0.6 is 0 Å². The number of piperidine rings is 1. The molecule has 0 aromatic heterocycles. The zero-order chi connectivity index (χ0) is 9.68. The summed E-state index contributed by atoms with van der Waals surface area (Å²) < 4.78 is 5.47. The molecule has 3 nitrogen and oxygen atoms in total. The molecule has 0 amide bonds. The first kappa shape index (κ1) is 11.0.